The molecule has 0 spiro atoms. The van der Waals surface area contributed by atoms with E-state index < -0.39 is 23.5 Å². The van der Waals surface area contributed by atoms with Crippen LogP contribution < -0.4 is 0 Å². The molecule has 0 aliphatic carbocycles. The molecule has 0 aromatic heterocycles. The number of benzene rings is 4. The van der Waals surface area contributed by atoms with Gasteiger partial charge in [0, 0.05) is 24.2 Å². The summed E-state index contributed by atoms with van der Waals surface area (Å²) < 4.78 is 84.5. The second kappa shape index (κ2) is 15.1. The van der Waals surface area contributed by atoms with Crippen LogP contribution in [0, 0.1) is 13.8 Å². The van der Waals surface area contributed by atoms with Crippen molar-refractivity contribution in [3.05, 3.63) is 128 Å². The first-order chi connectivity index (χ1) is 24.0. The lowest BCUT2D eigenvalue weighted by Crippen LogP contribution is -2.50. The summed E-state index contributed by atoms with van der Waals surface area (Å²) in [5.41, 5.74) is 2.94. The topological polar surface area (TPSA) is 31.2 Å². The SMILES string of the molecule is Cc1cccc(C)c1C(=Nc1c(C(C)C)cccc1C(C)C)N1CCCN(C(=Nc2ccccc2Cl)c2cc(C(F)(F)F)cc(C(F)(F)F)c2)C1. The van der Waals surface area contributed by atoms with Gasteiger partial charge < -0.3 is 9.80 Å². The molecule has 1 aliphatic heterocycles. The number of hydrogen-bond donors (Lipinski definition) is 0. The van der Waals surface area contributed by atoms with Gasteiger partial charge >= 0.3 is 12.4 Å². The van der Waals surface area contributed by atoms with Gasteiger partial charge in [-0.1, -0.05) is 87.8 Å². The van der Waals surface area contributed by atoms with E-state index in [1.165, 1.54) is 0 Å². The first-order valence-electron chi connectivity index (χ1n) is 16.9. The molecule has 0 radical (unpaired) electrons. The Hall–Kier alpha value is -4.31. The van der Waals surface area contributed by atoms with Gasteiger partial charge in [-0.3, -0.25) is 0 Å². The number of halogens is 7. The molecule has 4 aromatic carbocycles. The molecular formula is C40H41ClF6N4. The van der Waals surface area contributed by atoms with Crippen molar-refractivity contribution in [2.24, 2.45) is 9.98 Å². The maximum atomic E-state index is 14.1. The Morgan fingerprint density at radius 1 is 0.667 bits per heavy atom. The average Bonchev–Trinajstić information content (AvgIpc) is 3.06. The predicted molar refractivity (Wildman–Crippen MR) is 194 cm³/mol. The third-order valence-electron chi connectivity index (χ3n) is 8.99. The van der Waals surface area contributed by atoms with Crippen molar-refractivity contribution in [2.75, 3.05) is 19.8 Å². The Balaban J connectivity index is 1.73. The van der Waals surface area contributed by atoms with Gasteiger partial charge in [-0.2, -0.15) is 26.3 Å². The van der Waals surface area contributed by atoms with Gasteiger partial charge in [-0.25, -0.2) is 9.98 Å². The highest BCUT2D eigenvalue weighted by atomic mass is 35.5. The summed E-state index contributed by atoms with van der Waals surface area (Å²) in [6, 6.07) is 20.2. The molecule has 0 atom stereocenters. The molecule has 1 heterocycles. The van der Waals surface area contributed by atoms with Gasteiger partial charge in [0.1, 0.15) is 11.7 Å². The van der Waals surface area contributed by atoms with E-state index in [0.29, 0.717) is 25.3 Å². The van der Waals surface area contributed by atoms with E-state index in [1.807, 2.05) is 43.0 Å². The zero-order valence-electron chi connectivity index (χ0n) is 29.4. The van der Waals surface area contributed by atoms with Crippen LogP contribution in [0.3, 0.4) is 0 Å². The summed E-state index contributed by atoms with van der Waals surface area (Å²) in [6.45, 7) is 13.4. The summed E-state index contributed by atoms with van der Waals surface area (Å²) in [7, 11) is 0. The van der Waals surface area contributed by atoms with Gasteiger partial charge in [0.05, 0.1) is 34.2 Å². The van der Waals surface area contributed by atoms with Crippen LogP contribution in [0.2, 0.25) is 5.02 Å². The monoisotopic (exact) mass is 726 g/mol. The number of nitrogens with zero attached hydrogens (tertiary/aromatic N) is 4. The Kier molecular flexibility index (Phi) is 11.2. The number of para-hydroxylation sites is 2. The highest BCUT2D eigenvalue weighted by Crippen LogP contribution is 2.39. The van der Waals surface area contributed by atoms with E-state index in [0.717, 1.165) is 45.6 Å². The molecule has 11 heteroatoms. The molecule has 0 unspecified atom stereocenters. The zero-order valence-corrected chi connectivity index (χ0v) is 30.2. The van der Waals surface area contributed by atoms with E-state index in [2.05, 4.69) is 44.8 Å². The van der Waals surface area contributed by atoms with E-state index >= 15 is 0 Å². The van der Waals surface area contributed by atoms with Crippen molar-refractivity contribution in [3.63, 3.8) is 0 Å². The molecule has 0 N–H and O–H groups in total. The van der Waals surface area contributed by atoms with Crippen LogP contribution in [0.5, 0.6) is 0 Å². The molecule has 1 aliphatic rings. The minimum atomic E-state index is -5.03. The minimum Gasteiger partial charge on any atom is -0.338 e. The van der Waals surface area contributed by atoms with Crippen LogP contribution >= 0.6 is 11.6 Å². The lowest BCUT2D eigenvalue weighted by Gasteiger charge is -2.40. The molecule has 51 heavy (non-hydrogen) atoms. The van der Waals surface area contributed by atoms with Crippen molar-refractivity contribution >= 4 is 34.6 Å². The van der Waals surface area contributed by atoms with Crippen LogP contribution in [0.1, 0.15) is 90.5 Å². The first kappa shape index (κ1) is 37.9. The molecule has 1 saturated heterocycles. The van der Waals surface area contributed by atoms with Crippen molar-refractivity contribution in [1.29, 1.82) is 0 Å². The maximum absolute atomic E-state index is 14.1. The van der Waals surface area contributed by atoms with E-state index in [1.54, 1.807) is 29.2 Å². The van der Waals surface area contributed by atoms with Gasteiger partial charge in [0.25, 0.3) is 0 Å². The lowest BCUT2D eigenvalue weighted by molar-refractivity contribution is -0.143. The van der Waals surface area contributed by atoms with Crippen molar-refractivity contribution in [2.45, 2.75) is 72.2 Å². The average molecular weight is 727 g/mol. The quantitative estimate of drug-likeness (QED) is 0.113. The van der Waals surface area contributed by atoms with Crippen molar-refractivity contribution in [1.82, 2.24) is 9.80 Å². The number of aryl methyl sites for hydroxylation is 2. The number of alkyl halides is 6. The van der Waals surface area contributed by atoms with Crippen molar-refractivity contribution in [3.8, 4) is 0 Å². The minimum absolute atomic E-state index is 0.0595. The molecule has 0 amide bonds. The Morgan fingerprint density at radius 3 is 1.69 bits per heavy atom. The van der Waals surface area contributed by atoms with Crippen LogP contribution in [-0.4, -0.2) is 41.2 Å². The molecular weight excluding hydrogens is 686 g/mol. The van der Waals surface area contributed by atoms with E-state index in [-0.39, 0.29) is 46.7 Å². The third-order valence-corrected chi connectivity index (χ3v) is 9.31. The molecule has 0 saturated carbocycles. The predicted octanol–water partition coefficient (Wildman–Crippen LogP) is 12.1. The normalized spacial score (nSPS) is 15.0. The molecule has 5 rings (SSSR count). The van der Waals surface area contributed by atoms with Gasteiger partial charge in [0.2, 0.25) is 0 Å². The highest BCUT2D eigenvalue weighted by molar-refractivity contribution is 6.33. The number of hydrogen-bond acceptors (Lipinski definition) is 2. The van der Waals surface area contributed by atoms with Crippen LogP contribution in [0.15, 0.2) is 88.8 Å². The molecule has 1 fully saturated rings. The number of aliphatic imine (C=N–C) groups is 2. The Labute approximate surface area is 300 Å². The van der Waals surface area contributed by atoms with Crippen molar-refractivity contribution < 1.29 is 26.3 Å². The smallest absolute Gasteiger partial charge is 0.338 e. The standard InChI is InChI=1S/C40H41ClF6N4/c1-24(2)31-14-10-15-32(25(3)4)36(31)49-38(35-26(5)12-9-13-27(35)6)51-19-11-18-50(23-51)37(48-34-17-8-7-16-33(34)41)28-20-29(39(42,43)44)22-30(21-28)40(45,46)47/h7-10,12-17,20-22,24-25H,11,18-19,23H2,1-6H3. The Morgan fingerprint density at radius 2 is 1.18 bits per heavy atom. The number of rotatable bonds is 6. The van der Waals surface area contributed by atoms with E-state index in [9.17, 15) is 26.3 Å². The van der Waals surface area contributed by atoms with Crippen LogP contribution in [0.25, 0.3) is 0 Å². The summed E-state index contributed by atoms with van der Waals surface area (Å²) in [5.74, 6) is 0.938. The fourth-order valence-corrected chi connectivity index (χ4v) is 6.58. The maximum Gasteiger partial charge on any atom is 0.416 e. The molecule has 0 bridgehead atoms. The fourth-order valence-electron chi connectivity index (χ4n) is 6.40. The first-order valence-corrected chi connectivity index (χ1v) is 17.2. The fraction of sp³-hybridized carbons (Fsp3) is 0.350. The second-order valence-corrected chi connectivity index (χ2v) is 13.9. The van der Waals surface area contributed by atoms with Crippen LogP contribution in [0.4, 0.5) is 37.7 Å². The number of amidine groups is 2. The zero-order chi connectivity index (χ0) is 37.2. The van der Waals surface area contributed by atoms with Gasteiger partial charge in [0.15, 0.2) is 0 Å². The third kappa shape index (κ3) is 8.60. The summed E-state index contributed by atoms with van der Waals surface area (Å²) in [5, 5.41) is 0.205. The highest BCUT2D eigenvalue weighted by Gasteiger charge is 2.38. The largest absolute Gasteiger partial charge is 0.416 e. The Bertz CT molecular complexity index is 1870. The molecule has 4 aromatic rings. The summed E-state index contributed by atoms with van der Waals surface area (Å²) >= 11 is 6.45. The van der Waals surface area contributed by atoms with Gasteiger partial charge in [-0.15, -0.1) is 0 Å². The summed E-state index contributed by atoms with van der Waals surface area (Å²) in [4.78, 5) is 13.9. The van der Waals surface area contributed by atoms with Crippen LogP contribution in [-0.2, 0) is 12.4 Å². The van der Waals surface area contributed by atoms with E-state index in [4.69, 9.17) is 16.6 Å². The second-order valence-electron chi connectivity index (χ2n) is 13.5. The molecule has 4 nitrogen and oxygen atoms in total. The van der Waals surface area contributed by atoms with Gasteiger partial charge in [-0.05, 0) is 84.7 Å². The summed E-state index contributed by atoms with van der Waals surface area (Å²) in [6.07, 6.45) is -9.53. The molecule has 270 valence electrons. The lowest BCUT2D eigenvalue weighted by atomic mass is 9.92.